The maximum atomic E-state index is 12.9. The quantitative estimate of drug-likeness (QED) is 0.304. The van der Waals surface area contributed by atoms with Crippen LogP contribution in [0.2, 0.25) is 5.02 Å². The van der Waals surface area contributed by atoms with Gasteiger partial charge in [0.2, 0.25) is 10.0 Å². The lowest BCUT2D eigenvalue weighted by Gasteiger charge is -2.08. The number of hydrogen-bond acceptors (Lipinski definition) is 6. The minimum absolute atomic E-state index is 0.149. The molecule has 0 radical (unpaired) electrons. The molecule has 0 unspecified atom stereocenters. The largest absolute Gasteiger partial charge is 0.431 e. The summed E-state index contributed by atoms with van der Waals surface area (Å²) in [5.74, 6) is 0. The zero-order valence-corrected chi connectivity index (χ0v) is 19.1. The molecular weight excluding hydrogens is 472 g/mol. The molecule has 0 fully saturated rings. The lowest BCUT2D eigenvalue weighted by Crippen LogP contribution is -2.22. The molecule has 0 saturated heterocycles. The lowest BCUT2D eigenvalue weighted by molar-refractivity contribution is 0.490. The van der Waals surface area contributed by atoms with E-state index in [4.69, 9.17) is 16.0 Å². The van der Waals surface area contributed by atoms with Crippen molar-refractivity contribution in [2.45, 2.75) is 20.2 Å². The number of nitrogens with one attached hydrogen (secondary N) is 1. The van der Waals surface area contributed by atoms with Crippen molar-refractivity contribution >= 4 is 66.6 Å². The summed E-state index contributed by atoms with van der Waals surface area (Å²) in [5.41, 5.74) is 2.31. The Hall–Kier alpha value is -2.36. The Bertz CT molecular complexity index is 1470. The molecule has 9 heteroatoms. The predicted molar refractivity (Wildman–Crippen MR) is 125 cm³/mol. The Labute approximate surface area is 192 Å². The van der Waals surface area contributed by atoms with Crippen LogP contribution in [-0.4, -0.2) is 13.4 Å². The van der Waals surface area contributed by atoms with Crippen LogP contribution in [0.25, 0.3) is 21.9 Å². The SMILES string of the molecule is O=S(=O)(NCc1cccc2ccccc12)c1cc(Cl)c(Sc2nc3ccccc3o2)s1. The predicted octanol–water partition coefficient (Wildman–Crippen LogP) is 6.33. The molecule has 2 aromatic heterocycles. The summed E-state index contributed by atoms with van der Waals surface area (Å²) < 4.78 is 34.9. The molecule has 0 bridgehead atoms. The van der Waals surface area contributed by atoms with Gasteiger partial charge in [-0.2, -0.15) is 0 Å². The molecule has 5 aromatic rings. The number of aromatic nitrogens is 1. The van der Waals surface area contributed by atoms with E-state index in [0.717, 1.165) is 33.2 Å². The second kappa shape index (κ2) is 8.29. The number of para-hydroxylation sites is 2. The van der Waals surface area contributed by atoms with E-state index in [1.165, 1.54) is 17.8 Å². The van der Waals surface area contributed by atoms with E-state index >= 15 is 0 Å². The van der Waals surface area contributed by atoms with Gasteiger partial charge in [0, 0.05) is 6.54 Å². The molecule has 156 valence electrons. The van der Waals surface area contributed by atoms with Crippen LogP contribution in [-0.2, 0) is 16.6 Å². The first-order valence-electron chi connectivity index (χ1n) is 9.29. The van der Waals surface area contributed by atoms with E-state index in [9.17, 15) is 8.42 Å². The van der Waals surface area contributed by atoms with Gasteiger partial charge in [-0.3, -0.25) is 0 Å². The van der Waals surface area contributed by atoms with Crippen LogP contribution in [0, 0.1) is 0 Å². The summed E-state index contributed by atoms with van der Waals surface area (Å²) in [7, 11) is -3.73. The van der Waals surface area contributed by atoms with Gasteiger partial charge in [-0.25, -0.2) is 18.1 Å². The fourth-order valence-electron chi connectivity index (χ4n) is 3.20. The van der Waals surface area contributed by atoms with Gasteiger partial charge in [0.15, 0.2) is 5.58 Å². The van der Waals surface area contributed by atoms with Crippen LogP contribution in [0.3, 0.4) is 0 Å². The van der Waals surface area contributed by atoms with Gasteiger partial charge in [-0.15, -0.1) is 11.3 Å². The van der Waals surface area contributed by atoms with Crippen molar-refractivity contribution in [1.82, 2.24) is 9.71 Å². The van der Waals surface area contributed by atoms with Crippen LogP contribution < -0.4 is 4.72 Å². The smallest absolute Gasteiger partial charge is 0.262 e. The molecule has 1 N–H and O–H groups in total. The topological polar surface area (TPSA) is 72.2 Å². The average molecular weight is 487 g/mol. The number of fused-ring (bicyclic) bond motifs is 2. The maximum absolute atomic E-state index is 12.9. The van der Waals surface area contributed by atoms with Crippen molar-refractivity contribution in [2.75, 3.05) is 0 Å². The number of hydrogen-bond donors (Lipinski definition) is 1. The van der Waals surface area contributed by atoms with Gasteiger partial charge in [-0.1, -0.05) is 66.2 Å². The normalized spacial score (nSPS) is 12.0. The summed E-state index contributed by atoms with van der Waals surface area (Å²) in [6, 6.07) is 22.6. The third-order valence-corrected chi connectivity index (χ3v) is 9.27. The Kier molecular flexibility index (Phi) is 5.49. The molecule has 0 saturated carbocycles. The van der Waals surface area contributed by atoms with E-state index in [-0.39, 0.29) is 10.8 Å². The van der Waals surface area contributed by atoms with Gasteiger partial charge < -0.3 is 4.42 Å². The monoisotopic (exact) mass is 486 g/mol. The number of thiophene rings is 1. The molecule has 3 aromatic carbocycles. The highest BCUT2D eigenvalue weighted by Gasteiger charge is 2.21. The molecule has 0 aliphatic rings. The van der Waals surface area contributed by atoms with E-state index < -0.39 is 10.0 Å². The van der Waals surface area contributed by atoms with Crippen LogP contribution in [0.15, 0.2) is 90.9 Å². The molecule has 0 aliphatic carbocycles. The van der Waals surface area contributed by atoms with Crippen molar-refractivity contribution in [3.8, 4) is 0 Å². The zero-order chi connectivity index (χ0) is 21.4. The summed E-state index contributed by atoms with van der Waals surface area (Å²) in [4.78, 5) is 4.40. The van der Waals surface area contributed by atoms with Crippen molar-refractivity contribution in [3.63, 3.8) is 0 Å². The van der Waals surface area contributed by atoms with Crippen molar-refractivity contribution in [3.05, 3.63) is 83.4 Å². The fraction of sp³-hybridized carbons (Fsp3) is 0.0455. The summed E-state index contributed by atoms with van der Waals surface area (Å²) in [6.07, 6.45) is 0. The van der Waals surface area contributed by atoms with Gasteiger partial charge in [0.05, 0.1) is 9.23 Å². The summed E-state index contributed by atoms with van der Waals surface area (Å²) >= 11 is 8.62. The number of benzene rings is 3. The minimum Gasteiger partial charge on any atom is -0.431 e. The molecule has 0 spiro atoms. The minimum atomic E-state index is -3.73. The first kappa shape index (κ1) is 20.5. The maximum Gasteiger partial charge on any atom is 0.262 e. The highest BCUT2D eigenvalue weighted by molar-refractivity contribution is 8.01. The van der Waals surface area contributed by atoms with E-state index in [2.05, 4.69) is 9.71 Å². The number of sulfonamides is 1. The molecule has 0 aliphatic heterocycles. The zero-order valence-electron chi connectivity index (χ0n) is 15.9. The Balaban J connectivity index is 1.37. The van der Waals surface area contributed by atoms with Gasteiger partial charge in [0.1, 0.15) is 9.73 Å². The van der Waals surface area contributed by atoms with Crippen LogP contribution >= 0.6 is 34.7 Å². The Morgan fingerprint density at radius 2 is 1.81 bits per heavy atom. The highest BCUT2D eigenvalue weighted by Crippen LogP contribution is 2.41. The first-order chi connectivity index (χ1) is 15.0. The Morgan fingerprint density at radius 3 is 2.68 bits per heavy atom. The summed E-state index contributed by atoms with van der Waals surface area (Å²) in [5, 5.41) is 2.85. The highest BCUT2D eigenvalue weighted by atomic mass is 35.5. The molecule has 0 atom stereocenters. The van der Waals surface area contributed by atoms with Gasteiger partial charge in [0.25, 0.3) is 5.22 Å². The molecular formula is C22H15ClN2O3S3. The number of oxazole rings is 1. The Morgan fingerprint density at radius 1 is 1.03 bits per heavy atom. The van der Waals surface area contributed by atoms with Crippen LogP contribution in [0.1, 0.15) is 5.56 Å². The average Bonchev–Trinajstić information content (AvgIpc) is 3.36. The molecule has 31 heavy (non-hydrogen) atoms. The van der Waals surface area contributed by atoms with E-state index in [1.54, 1.807) is 0 Å². The van der Waals surface area contributed by atoms with E-state index in [0.29, 0.717) is 20.0 Å². The van der Waals surface area contributed by atoms with Gasteiger partial charge >= 0.3 is 0 Å². The van der Waals surface area contributed by atoms with Crippen LogP contribution in [0.4, 0.5) is 0 Å². The third-order valence-electron chi connectivity index (χ3n) is 4.68. The third kappa shape index (κ3) is 4.22. The lowest BCUT2D eigenvalue weighted by atomic mass is 10.1. The number of rotatable bonds is 6. The molecule has 5 rings (SSSR count). The standard InChI is InChI=1S/C22H15ClN2O3S3/c23-17-12-20(29-21(17)30-22-25-18-10-3-4-11-19(18)28-22)31(26,27)24-13-15-8-5-7-14-6-1-2-9-16(14)15/h1-12,24H,13H2. The van der Waals surface area contributed by atoms with Crippen molar-refractivity contribution in [1.29, 1.82) is 0 Å². The fourth-order valence-corrected chi connectivity index (χ4v) is 7.21. The van der Waals surface area contributed by atoms with Crippen LogP contribution in [0.5, 0.6) is 0 Å². The summed E-state index contributed by atoms with van der Waals surface area (Å²) in [6.45, 7) is 0.187. The van der Waals surface area contributed by atoms with Crippen molar-refractivity contribution in [2.24, 2.45) is 0 Å². The second-order valence-electron chi connectivity index (χ2n) is 6.71. The number of nitrogens with zero attached hydrogens (tertiary/aromatic N) is 1. The number of halogens is 1. The first-order valence-corrected chi connectivity index (χ1v) is 12.8. The van der Waals surface area contributed by atoms with E-state index in [1.807, 2.05) is 66.7 Å². The molecule has 2 heterocycles. The second-order valence-corrected chi connectivity index (χ2v) is 11.4. The van der Waals surface area contributed by atoms with Crippen molar-refractivity contribution < 1.29 is 12.8 Å². The van der Waals surface area contributed by atoms with Gasteiger partial charge in [-0.05, 0) is 46.3 Å². The molecule has 0 amide bonds. The molecule has 5 nitrogen and oxygen atoms in total.